The lowest BCUT2D eigenvalue weighted by Crippen LogP contribution is -2.20. The largest absolute Gasteiger partial charge is 0.508 e. The highest BCUT2D eigenvalue weighted by molar-refractivity contribution is 6.00. The van der Waals surface area contributed by atoms with E-state index >= 15 is 0 Å². The molecule has 1 rings (SSSR count). The van der Waals surface area contributed by atoms with Crippen molar-refractivity contribution in [1.82, 2.24) is 5.01 Å². The summed E-state index contributed by atoms with van der Waals surface area (Å²) in [4.78, 5) is 10.6. The van der Waals surface area contributed by atoms with E-state index in [4.69, 9.17) is 10.2 Å². The number of hydrazone groups is 1. The van der Waals surface area contributed by atoms with Gasteiger partial charge < -0.3 is 10.2 Å². The van der Waals surface area contributed by atoms with E-state index in [2.05, 4.69) is 5.10 Å². The summed E-state index contributed by atoms with van der Waals surface area (Å²) in [7, 11) is 1.37. The average Bonchev–Trinajstić information content (AvgIpc) is 2.26. The van der Waals surface area contributed by atoms with E-state index in [-0.39, 0.29) is 5.75 Å². The van der Waals surface area contributed by atoms with Crippen molar-refractivity contribution in [2.24, 2.45) is 5.10 Å². The molecule has 16 heavy (non-hydrogen) atoms. The summed E-state index contributed by atoms with van der Waals surface area (Å²) in [6.07, 6.45) is -0.493. The molecule has 0 bridgehead atoms. The Bertz CT molecular complexity index is 398. The molecule has 0 atom stereocenters. The molecule has 86 valence electrons. The molecular weight excluding hydrogens is 208 g/mol. The molecule has 0 spiro atoms. The minimum Gasteiger partial charge on any atom is -0.508 e. The van der Waals surface area contributed by atoms with Gasteiger partial charge in [0.1, 0.15) is 5.75 Å². The van der Waals surface area contributed by atoms with Gasteiger partial charge in [-0.2, -0.15) is 5.10 Å². The van der Waals surface area contributed by atoms with Crippen molar-refractivity contribution in [3.63, 3.8) is 0 Å². The van der Waals surface area contributed by atoms with E-state index in [0.717, 1.165) is 10.6 Å². The van der Waals surface area contributed by atoms with Crippen molar-refractivity contribution in [3.8, 4) is 5.75 Å². The van der Waals surface area contributed by atoms with Crippen LogP contribution in [0.15, 0.2) is 29.4 Å². The lowest BCUT2D eigenvalue weighted by atomic mass is 10.1. The molecule has 0 heterocycles. The lowest BCUT2D eigenvalue weighted by molar-refractivity contribution is 0.157. The highest BCUT2D eigenvalue weighted by atomic mass is 16.4. The van der Waals surface area contributed by atoms with Crippen molar-refractivity contribution in [3.05, 3.63) is 29.8 Å². The Morgan fingerprint density at radius 1 is 1.38 bits per heavy atom. The summed E-state index contributed by atoms with van der Waals surface area (Å²) in [6.45, 7) is 1.89. The second kappa shape index (κ2) is 5.16. The van der Waals surface area contributed by atoms with Crippen LogP contribution in [0.4, 0.5) is 4.79 Å². The van der Waals surface area contributed by atoms with E-state index in [1.807, 2.05) is 6.92 Å². The Balaban J connectivity index is 2.98. The van der Waals surface area contributed by atoms with E-state index in [1.54, 1.807) is 24.3 Å². The van der Waals surface area contributed by atoms with Gasteiger partial charge in [0.25, 0.3) is 0 Å². The first-order valence-corrected chi connectivity index (χ1v) is 4.88. The minimum atomic E-state index is -1.11. The molecule has 0 unspecified atom stereocenters. The minimum absolute atomic E-state index is 0.172. The zero-order valence-electron chi connectivity index (χ0n) is 9.21. The molecule has 1 amide bonds. The number of hydrogen-bond acceptors (Lipinski definition) is 3. The fraction of sp³-hybridized carbons (Fsp3) is 0.273. The molecule has 5 heteroatoms. The summed E-state index contributed by atoms with van der Waals surface area (Å²) in [6, 6.07) is 6.49. The highest BCUT2D eigenvalue weighted by Gasteiger charge is 2.07. The van der Waals surface area contributed by atoms with Gasteiger partial charge in [-0.15, -0.1) is 0 Å². The van der Waals surface area contributed by atoms with Gasteiger partial charge in [-0.3, -0.25) is 0 Å². The van der Waals surface area contributed by atoms with Gasteiger partial charge >= 0.3 is 6.09 Å². The van der Waals surface area contributed by atoms with Crippen LogP contribution in [0.25, 0.3) is 0 Å². The summed E-state index contributed by atoms with van der Waals surface area (Å²) in [5, 5.41) is 22.7. The Morgan fingerprint density at radius 2 is 1.94 bits per heavy atom. The van der Waals surface area contributed by atoms with Crippen LogP contribution in [0.1, 0.15) is 18.9 Å². The number of phenols is 1. The second-order valence-electron chi connectivity index (χ2n) is 3.25. The molecule has 0 saturated heterocycles. The first-order valence-electron chi connectivity index (χ1n) is 4.88. The third-order valence-corrected chi connectivity index (χ3v) is 2.08. The summed E-state index contributed by atoms with van der Waals surface area (Å²) >= 11 is 0. The maximum Gasteiger partial charge on any atom is 0.427 e. The van der Waals surface area contributed by atoms with Crippen LogP contribution in [-0.4, -0.2) is 34.1 Å². The van der Waals surface area contributed by atoms with Crippen molar-refractivity contribution in [1.29, 1.82) is 0 Å². The van der Waals surface area contributed by atoms with Crippen LogP contribution in [0.5, 0.6) is 5.75 Å². The standard InChI is InChI=1S/C11H14N2O3/c1-3-10(12-13(2)11(15)16)8-4-6-9(14)7-5-8/h4-7,14H,3H2,1-2H3,(H,15,16). The van der Waals surface area contributed by atoms with Crippen LogP contribution in [0, 0.1) is 0 Å². The summed E-state index contributed by atoms with van der Waals surface area (Å²) < 4.78 is 0. The van der Waals surface area contributed by atoms with Crippen molar-refractivity contribution in [2.75, 3.05) is 7.05 Å². The molecule has 0 aliphatic carbocycles. The SMILES string of the molecule is CCC(=NN(C)C(=O)O)c1ccc(O)cc1. The fourth-order valence-electron chi connectivity index (χ4n) is 1.21. The Morgan fingerprint density at radius 3 is 2.38 bits per heavy atom. The predicted molar refractivity (Wildman–Crippen MR) is 60.7 cm³/mol. The molecule has 0 saturated carbocycles. The zero-order chi connectivity index (χ0) is 12.1. The van der Waals surface area contributed by atoms with Crippen LogP contribution < -0.4 is 0 Å². The fourth-order valence-corrected chi connectivity index (χ4v) is 1.21. The van der Waals surface area contributed by atoms with Gasteiger partial charge in [-0.25, -0.2) is 9.80 Å². The van der Waals surface area contributed by atoms with Gasteiger partial charge in [0.15, 0.2) is 0 Å². The number of aromatic hydroxyl groups is 1. The smallest absolute Gasteiger partial charge is 0.427 e. The molecule has 0 fully saturated rings. The van der Waals surface area contributed by atoms with E-state index in [9.17, 15) is 4.79 Å². The Labute approximate surface area is 93.6 Å². The molecule has 2 N–H and O–H groups in total. The molecule has 0 aliphatic heterocycles. The average molecular weight is 222 g/mol. The topological polar surface area (TPSA) is 73.1 Å². The first-order chi connectivity index (χ1) is 7.54. The molecule has 1 aromatic rings. The number of hydrogen-bond donors (Lipinski definition) is 2. The number of phenolic OH excluding ortho intramolecular Hbond substituents is 1. The zero-order valence-corrected chi connectivity index (χ0v) is 9.21. The summed E-state index contributed by atoms with van der Waals surface area (Å²) in [5.41, 5.74) is 1.46. The number of benzene rings is 1. The second-order valence-corrected chi connectivity index (χ2v) is 3.25. The quantitative estimate of drug-likeness (QED) is 0.607. The first kappa shape index (κ1) is 12.0. The van der Waals surface area contributed by atoms with Crippen LogP contribution in [-0.2, 0) is 0 Å². The van der Waals surface area contributed by atoms with Crippen LogP contribution >= 0.6 is 0 Å². The normalized spacial score (nSPS) is 11.2. The van der Waals surface area contributed by atoms with Crippen molar-refractivity contribution in [2.45, 2.75) is 13.3 Å². The number of carbonyl (C=O) groups is 1. The maximum absolute atomic E-state index is 10.6. The van der Waals surface area contributed by atoms with Crippen LogP contribution in [0.2, 0.25) is 0 Å². The van der Waals surface area contributed by atoms with Gasteiger partial charge in [-0.1, -0.05) is 6.92 Å². The third-order valence-electron chi connectivity index (χ3n) is 2.08. The number of amides is 1. The predicted octanol–water partition coefficient (Wildman–Crippen LogP) is 2.12. The Hall–Kier alpha value is -2.04. The maximum atomic E-state index is 10.6. The molecule has 5 nitrogen and oxygen atoms in total. The molecule has 0 aromatic heterocycles. The molecule has 1 aromatic carbocycles. The van der Waals surface area contributed by atoms with Crippen molar-refractivity contribution >= 4 is 11.8 Å². The van der Waals surface area contributed by atoms with Gasteiger partial charge in [0.2, 0.25) is 0 Å². The molecular formula is C11H14N2O3. The number of carboxylic acid groups (broad SMARTS) is 1. The van der Waals surface area contributed by atoms with Gasteiger partial charge in [-0.05, 0) is 36.2 Å². The monoisotopic (exact) mass is 222 g/mol. The van der Waals surface area contributed by atoms with Crippen molar-refractivity contribution < 1.29 is 15.0 Å². The van der Waals surface area contributed by atoms with Gasteiger partial charge in [0.05, 0.1) is 5.71 Å². The Kier molecular flexibility index (Phi) is 3.88. The molecule has 0 radical (unpaired) electrons. The lowest BCUT2D eigenvalue weighted by Gasteiger charge is -2.10. The third kappa shape index (κ3) is 2.98. The van der Waals surface area contributed by atoms with Crippen LogP contribution in [0.3, 0.4) is 0 Å². The van der Waals surface area contributed by atoms with E-state index in [0.29, 0.717) is 12.1 Å². The molecule has 0 aliphatic rings. The van der Waals surface area contributed by atoms with E-state index < -0.39 is 6.09 Å². The van der Waals surface area contributed by atoms with Gasteiger partial charge in [0, 0.05) is 7.05 Å². The number of rotatable bonds is 3. The summed E-state index contributed by atoms with van der Waals surface area (Å²) in [5.74, 6) is 0.172. The van der Waals surface area contributed by atoms with E-state index in [1.165, 1.54) is 7.05 Å². The highest BCUT2D eigenvalue weighted by Crippen LogP contribution is 2.12. The number of nitrogens with zero attached hydrogens (tertiary/aromatic N) is 2.